The Morgan fingerprint density at radius 3 is 2.47 bits per heavy atom. The van der Waals surface area contributed by atoms with E-state index in [-0.39, 0.29) is 11.7 Å². The van der Waals surface area contributed by atoms with Crippen molar-refractivity contribution in [2.75, 3.05) is 11.1 Å². The zero-order valence-corrected chi connectivity index (χ0v) is 10.9. The second-order valence-electron chi connectivity index (χ2n) is 4.03. The molecule has 0 spiro atoms. The Bertz CT molecular complexity index is 649. The lowest BCUT2D eigenvalue weighted by atomic mass is 10.2. The average molecular weight is 278 g/mol. The highest BCUT2D eigenvalue weighted by atomic mass is 35.5. The fraction of sp³-hybridized carbons (Fsp3) is 0.0769. The number of nitrogens with two attached hydrogens (primary N) is 1. The van der Waals surface area contributed by atoms with E-state index in [4.69, 9.17) is 17.3 Å². The van der Waals surface area contributed by atoms with Crippen LogP contribution in [0.5, 0.6) is 0 Å². The van der Waals surface area contributed by atoms with E-state index in [1.807, 2.05) is 0 Å². The van der Waals surface area contributed by atoms with Crippen molar-refractivity contribution in [3.63, 3.8) is 0 Å². The van der Waals surface area contributed by atoms with Gasteiger partial charge in [0, 0.05) is 12.6 Å². The molecule has 0 bridgehead atoms. The fourth-order valence-electron chi connectivity index (χ4n) is 1.54. The summed E-state index contributed by atoms with van der Waals surface area (Å²) < 4.78 is 0. The first-order chi connectivity index (χ1) is 8.97. The minimum absolute atomic E-state index is 0.130. The van der Waals surface area contributed by atoms with E-state index < -0.39 is 0 Å². The molecule has 19 heavy (non-hydrogen) atoms. The lowest BCUT2D eigenvalue weighted by Crippen LogP contribution is -2.12. The van der Waals surface area contributed by atoms with Crippen LogP contribution in [0, 0.1) is 0 Å². The summed E-state index contributed by atoms with van der Waals surface area (Å²) in [5, 5.41) is 3.03. The Morgan fingerprint density at radius 2 is 1.89 bits per heavy atom. The zero-order chi connectivity index (χ0) is 14.0. The number of halogens is 1. The van der Waals surface area contributed by atoms with E-state index >= 15 is 0 Å². The molecule has 0 radical (unpaired) electrons. The van der Waals surface area contributed by atoms with E-state index in [9.17, 15) is 9.59 Å². The predicted molar refractivity (Wildman–Crippen MR) is 74.6 cm³/mol. The molecule has 1 aromatic heterocycles. The number of rotatable bonds is 3. The highest BCUT2D eigenvalue weighted by Gasteiger charge is 2.11. The summed E-state index contributed by atoms with van der Waals surface area (Å²) in [6.45, 7) is 1.42. The molecule has 98 valence electrons. The van der Waals surface area contributed by atoms with E-state index in [1.165, 1.54) is 6.92 Å². The number of nitrogen functional groups attached to an aromatic ring is 1. The van der Waals surface area contributed by atoms with Gasteiger partial charge >= 0.3 is 0 Å². The molecule has 1 aromatic carbocycles. The molecular formula is C13H12ClN3O2. The van der Waals surface area contributed by atoms with Gasteiger partial charge in [0.2, 0.25) is 0 Å². The van der Waals surface area contributed by atoms with Crippen LogP contribution < -0.4 is 11.1 Å². The maximum Gasteiger partial charge on any atom is 0.272 e. The number of benzene rings is 1. The minimum atomic E-state index is -0.353. The van der Waals surface area contributed by atoms with Crippen LogP contribution in [0.15, 0.2) is 30.3 Å². The van der Waals surface area contributed by atoms with Gasteiger partial charge in [-0.15, -0.1) is 0 Å². The topological polar surface area (TPSA) is 88.0 Å². The summed E-state index contributed by atoms with van der Waals surface area (Å²) in [5.74, 6) is -0.483. The van der Waals surface area contributed by atoms with Gasteiger partial charge < -0.3 is 16.0 Å². The summed E-state index contributed by atoms with van der Waals surface area (Å²) in [5.41, 5.74) is 7.25. The number of aromatic nitrogens is 1. The van der Waals surface area contributed by atoms with Crippen molar-refractivity contribution in [2.24, 2.45) is 0 Å². The minimum Gasteiger partial charge on any atom is -0.398 e. The van der Waals surface area contributed by atoms with Gasteiger partial charge in [0.25, 0.3) is 5.91 Å². The van der Waals surface area contributed by atoms with Gasteiger partial charge in [-0.2, -0.15) is 0 Å². The molecule has 1 amide bonds. The molecule has 0 atom stereocenters. The number of Topliss-reactive ketones (excluding diaryl/α,β-unsaturated/α-hetero) is 1. The Balaban J connectivity index is 2.15. The summed E-state index contributed by atoms with van der Waals surface area (Å²) in [6.07, 6.45) is 0. The molecule has 6 heteroatoms. The summed E-state index contributed by atoms with van der Waals surface area (Å²) in [7, 11) is 0. The molecule has 0 fully saturated rings. The molecule has 0 saturated carbocycles. The zero-order valence-electron chi connectivity index (χ0n) is 10.2. The standard InChI is InChI=1S/C13H12ClN3O2/c1-7(18)11-4-5-12(17-11)13(19)16-8-2-3-10(15)9(14)6-8/h2-6,17H,15H2,1H3,(H,16,19). The number of hydrogen-bond donors (Lipinski definition) is 3. The first-order valence-electron chi connectivity index (χ1n) is 5.53. The van der Waals surface area contributed by atoms with Crippen molar-refractivity contribution in [2.45, 2.75) is 6.92 Å². The van der Waals surface area contributed by atoms with Crippen LogP contribution in [0.25, 0.3) is 0 Å². The maximum atomic E-state index is 11.9. The number of amides is 1. The number of anilines is 2. The van der Waals surface area contributed by atoms with Crippen LogP contribution in [-0.2, 0) is 0 Å². The van der Waals surface area contributed by atoms with Gasteiger partial charge in [0.15, 0.2) is 5.78 Å². The highest BCUT2D eigenvalue weighted by Crippen LogP contribution is 2.22. The Labute approximate surface area is 114 Å². The fourth-order valence-corrected chi connectivity index (χ4v) is 1.72. The first-order valence-corrected chi connectivity index (χ1v) is 5.91. The second kappa shape index (κ2) is 5.16. The third kappa shape index (κ3) is 2.95. The summed E-state index contributed by atoms with van der Waals surface area (Å²) >= 11 is 5.86. The summed E-state index contributed by atoms with van der Waals surface area (Å²) in [6, 6.07) is 7.92. The van der Waals surface area contributed by atoms with Crippen LogP contribution in [0.2, 0.25) is 5.02 Å². The van der Waals surface area contributed by atoms with Gasteiger partial charge in [-0.3, -0.25) is 9.59 Å². The van der Waals surface area contributed by atoms with Crippen LogP contribution in [-0.4, -0.2) is 16.7 Å². The van der Waals surface area contributed by atoms with Gasteiger partial charge in [-0.25, -0.2) is 0 Å². The van der Waals surface area contributed by atoms with E-state index in [2.05, 4.69) is 10.3 Å². The van der Waals surface area contributed by atoms with Crippen LogP contribution in [0.1, 0.15) is 27.9 Å². The first kappa shape index (κ1) is 13.2. The smallest absolute Gasteiger partial charge is 0.272 e. The monoisotopic (exact) mass is 277 g/mol. The van der Waals surface area contributed by atoms with Crippen molar-refractivity contribution in [3.8, 4) is 0 Å². The number of nitrogens with one attached hydrogen (secondary N) is 2. The largest absolute Gasteiger partial charge is 0.398 e. The summed E-state index contributed by atoms with van der Waals surface area (Å²) in [4.78, 5) is 25.8. The number of carbonyl (C=O) groups is 2. The third-order valence-electron chi connectivity index (χ3n) is 2.57. The average Bonchev–Trinajstić information content (AvgIpc) is 2.83. The molecule has 0 unspecified atom stereocenters. The van der Waals surface area contributed by atoms with Gasteiger partial charge in [0.1, 0.15) is 5.69 Å². The van der Waals surface area contributed by atoms with Crippen LogP contribution >= 0.6 is 11.6 Å². The quantitative estimate of drug-likeness (QED) is 0.595. The van der Waals surface area contributed by atoms with Crippen molar-refractivity contribution in [1.82, 2.24) is 4.98 Å². The molecule has 4 N–H and O–H groups in total. The molecule has 2 rings (SSSR count). The number of hydrogen-bond acceptors (Lipinski definition) is 3. The van der Waals surface area contributed by atoms with Crippen LogP contribution in [0.4, 0.5) is 11.4 Å². The molecule has 1 heterocycles. The van der Waals surface area contributed by atoms with Crippen molar-refractivity contribution in [3.05, 3.63) is 46.7 Å². The molecule has 0 aliphatic rings. The second-order valence-corrected chi connectivity index (χ2v) is 4.44. The highest BCUT2D eigenvalue weighted by molar-refractivity contribution is 6.33. The van der Waals surface area contributed by atoms with Crippen LogP contribution in [0.3, 0.4) is 0 Å². The van der Waals surface area contributed by atoms with Crippen molar-refractivity contribution >= 4 is 34.7 Å². The van der Waals surface area contributed by atoms with Gasteiger partial charge in [0.05, 0.1) is 16.4 Å². The molecular weight excluding hydrogens is 266 g/mol. The lowest BCUT2D eigenvalue weighted by molar-refractivity contribution is 0.101. The van der Waals surface area contributed by atoms with E-state index in [1.54, 1.807) is 30.3 Å². The van der Waals surface area contributed by atoms with Crippen molar-refractivity contribution < 1.29 is 9.59 Å². The third-order valence-corrected chi connectivity index (χ3v) is 2.90. The Morgan fingerprint density at radius 1 is 1.21 bits per heavy atom. The number of aromatic amines is 1. The predicted octanol–water partition coefficient (Wildman–Crippen LogP) is 2.71. The number of carbonyl (C=O) groups excluding carboxylic acids is 2. The number of H-pyrrole nitrogens is 1. The normalized spacial score (nSPS) is 10.2. The molecule has 2 aromatic rings. The Hall–Kier alpha value is -2.27. The van der Waals surface area contributed by atoms with Crippen molar-refractivity contribution in [1.29, 1.82) is 0 Å². The van der Waals surface area contributed by atoms with Gasteiger partial charge in [-0.05, 0) is 30.3 Å². The number of ketones is 1. The molecule has 5 nitrogen and oxygen atoms in total. The molecule has 0 aliphatic heterocycles. The SMILES string of the molecule is CC(=O)c1ccc(C(=O)Nc2ccc(N)c(Cl)c2)[nH]1. The van der Waals surface area contributed by atoms with Gasteiger partial charge in [-0.1, -0.05) is 11.6 Å². The van der Waals surface area contributed by atoms with E-state index in [0.29, 0.717) is 27.8 Å². The Kier molecular flexibility index (Phi) is 3.57. The molecule has 0 aliphatic carbocycles. The molecule has 0 saturated heterocycles. The maximum absolute atomic E-state index is 11.9. The lowest BCUT2D eigenvalue weighted by Gasteiger charge is -2.05. The van der Waals surface area contributed by atoms with E-state index in [0.717, 1.165) is 0 Å².